The van der Waals surface area contributed by atoms with Crippen LogP contribution in [0, 0.1) is 11.8 Å². The van der Waals surface area contributed by atoms with Crippen LogP contribution >= 0.6 is 0 Å². The van der Waals surface area contributed by atoms with Gasteiger partial charge in [0, 0.05) is 6.61 Å². The summed E-state index contributed by atoms with van der Waals surface area (Å²) in [6.07, 6.45) is 3.15. The van der Waals surface area contributed by atoms with Gasteiger partial charge in [-0.15, -0.1) is 0 Å². The first-order valence-corrected chi connectivity index (χ1v) is 5.89. The summed E-state index contributed by atoms with van der Waals surface area (Å²) < 4.78 is 5.60. The fourth-order valence-corrected chi connectivity index (χ4v) is 2.25. The largest absolute Gasteiger partial charge is 0.479 e. The second kappa shape index (κ2) is 4.97. The Morgan fingerprint density at radius 1 is 1.47 bits per heavy atom. The summed E-state index contributed by atoms with van der Waals surface area (Å²) in [7, 11) is 0. The highest BCUT2D eigenvalue weighted by Gasteiger charge is 2.44. The summed E-state index contributed by atoms with van der Waals surface area (Å²) in [4.78, 5) is 11.3. The number of hydrogen-bond acceptors (Lipinski definition) is 2. The fraction of sp³-hybridized carbons (Fsp3) is 0.917. The van der Waals surface area contributed by atoms with Gasteiger partial charge in [-0.2, -0.15) is 0 Å². The van der Waals surface area contributed by atoms with E-state index in [0.717, 1.165) is 12.8 Å². The smallest absolute Gasteiger partial charge is 0.335 e. The number of carboxylic acid groups (broad SMARTS) is 1. The quantitative estimate of drug-likeness (QED) is 0.782. The molecule has 0 heterocycles. The van der Waals surface area contributed by atoms with E-state index < -0.39 is 11.6 Å². The number of aliphatic carboxylic acids is 1. The lowest BCUT2D eigenvalue weighted by Gasteiger charge is -2.39. The summed E-state index contributed by atoms with van der Waals surface area (Å²) >= 11 is 0. The van der Waals surface area contributed by atoms with Gasteiger partial charge in [0.1, 0.15) is 0 Å². The molecule has 0 saturated heterocycles. The number of carbonyl (C=O) groups is 1. The molecule has 3 atom stereocenters. The van der Waals surface area contributed by atoms with Gasteiger partial charge in [-0.05, 0) is 37.5 Å². The highest BCUT2D eigenvalue weighted by Crippen LogP contribution is 2.38. The zero-order valence-corrected chi connectivity index (χ0v) is 9.95. The molecule has 0 radical (unpaired) electrons. The van der Waals surface area contributed by atoms with Crippen LogP contribution in [-0.4, -0.2) is 23.3 Å². The third-order valence-corrected chi connectivity index (χ3v) is 3.60. The minimum atomic E-state index is -0.901. The van der Waals surface area contributed by atoms with Crippen molar-refractivity contribution in [1.82, 2.24) is 0 Å². The zero-order valence-electron chi connectivity index (χ0n) is 9.95. The molecule has 88 valence electrons. The molecule has 1 aliphatic rings. The Bertz CT molecular complexity index is 223. The standard InChI is InChI=1S/C12H22O3/c1-4-7-15-12(11(13)14)6-5-9(2)10(3)8-12/h9-10H,4-8H2,1-3H3,(H,13,14). The van der Waals surface area contributed by atoms with Crippen molar-refractivity contribution in [2.45, 2.75) is 52.1 Å². The number of rotatable bonds is 4. The van der Waals surface area contributed by atoms with Gasteiger partial charge < -0.3 is 9.84 Å². The molecule has 3 unspecified atom stereocenters. The number of hydrogen-bond donors (Lipinski definition) is 1. The predicted octanol–water partition coefficient (Wildman–Crippen LogP) is 2.69. The van der Waals surface area contributed by atoms with Gasteiger partial charge in [-0.3, -0.25) is 0 Å². The van der Waals surface area contributed by atoms with E-state index in [-0.39, 0.29) is 0 Å². The Morgan fingerprint density at radius 2 is 2.13 bits per heavy atom. The van der Waals surface area contributed by atoms with Crippen LogP contribution in [-0.2, 0) is 9.53 Å². The van der Waals surface area contributed by atoms with E-state index in [9.17, 15) is 9.90 Å². The van der Waals surface area contributed by atoms with Crippen LogP contribution in [0.3, 0.4) is 0 Å². The molecule has 1 saturated carbocycles. The molecule has 0 aromatic carbocycles. The van der Waals surface area contributed by atoms with Gasteiger partial charge in [0.25, 0.3) is 0 Å². The molecule has 1 aliphatic carbocycles. The van der Waals surface area contributed by atoms with Crippen LogP contribution in [0.2, 0.25) is 0 Å². The van der Waals surface area contributed by atoms with Crippen LogP contribution in [0.4, 0.5) is 0 Å². The molecule has 3 nitrogen and oxygen atoms in total. The zero-order chi connectivity index (χ0) is 11.5. The van der Waals surface area contributed by atoms with Crippen LogP contribution in [0.25, 0.3) is 0 Å². The molecule has 0 aliphatic heterocycles. The predicted molar refractivity (Wildman–Crippen MR) is 58.8 cm³/mol. The van der Waals surface area contributed by atoms with Crippen molar-refractivity contribution in [1.29, 1.82) is 0 Å². The van der Waals surface area contributed by atoms with Crippen LogP contribution in [0.5, 0.6) is 0 Å². The molecule has 0 amide bonds. The second-order valence-electron chi connectivity index (χ2n) is 4.85. The molecular weight excluding hydrogens is 192 g/mol. The highest BCUT2D eigenvalue weighted by atomic mass is 16.5. The Balaban J connectivity index is 2.70. The molecule has 1 rings (SSSR count). The van der Waals surface area contributed by atoms with Crippen molar-refractivity contribution < 1.29 is 14.6 Å². The Labute approximate surface area is 91.8 Å². The SMILES string of the molecule is CCCOC1(C(=O)O)CCC(C)C(C)C1. The minimum Gasteiger partial charge on any atom is -0.479 e. The van der Waals surface area contributed by atoms with Crippen molar-refractivity contribution >= 4 is 5.97 Å². The lowest BCUT2D eigenvalue weighted by Crippen LogP contribution is -2.47. The fourth-order valence-electron chi connectivity index (χ4n) is 2.25. The number of ether oxygens (including phenoxy) is 1. The van der Waals surface area contributed by atoms with Crippen molar-refractivity contribution in [2.24, 2.45) is 11.8 Å². The Kier molecular flexibility index (Phi) is 4.14. The third kappa shape index (κ3) is 2.71. The van der Waals surface area contributed by atoms with Gasteiger partial charge in [0.05, 0.1) is 0 Å². The monoisotopic (exact) mass is 214 g/mol. The van der Waals surface area contributed by atoms with E-state index in [1.165, 1.54) is 0 Å². The first kappa shape index (κ1) is 12.5. The first-order chi connectivity index (χ1) is 7.02. The van der Waals surface area contributed by atoms with Crippen molar-refractivity contribution in [3.8, 4) is 0 Å². The molecule has 3 heteroatoms. The van der Waals surface area contributed by atoms with E-state index in [4.69, 9.17) is 4.74 Å². The summed E-state index contributed by atoms with van der Waals surface area (Å²) in [5.74, 6) is 0.268. The topological polar surface area (TPSA) is 46.5 Å². The highest BCUT2D eigenvalue weighted by molar-refractivity contribution is 5.77. The van der Waals surface area contributed by atoms with E-state index >= 15 is 0 Å². The Morgan fingerprint density at radius 3 is 2.60 bits per heavy atom. The molecule has 0 aromatic heterocycles. The van der Waals surface area contributed by atoms with E-state index in [2.05, 4.69) is 13.8 Å². The van der Waals surface area contributed by atoms with Gasteiger partial charge in [-0.1, -0.05) is 20.8 Å². The molecule has 1 N–H and O–H groups in total. The van der Waals surface area contributed by atoms with Gasteiger partial charge >= 0.3 is 5.97 Å². The maximum Gasteiger partial charge on any atom is 0.335 e. The lowest BCUT2D eigenvalue weighted by molar-refractivity contribution is -0.175. The van der Waals surface area contributed by atoms with Gasteiger partial charge in [0.2, 0.25) is 0 Å². The molecule has 0 aromatic rings. The lowest BCUT2D eigenvalue weighted by atomic mass is 9.73. The van der Waals surface area contributed by atoms with E-state index in [1.54, 1.807) is 0 Å². The van der Waals surface area contributed by atoms with Crippen LogP contribution < -0.4 is 0 Å². The van der Waals surface area contributed by atoms with Crippen LogP contribution in [0.1, 0.15) is 46.5 Å². The van der Waals surface area contributed by atoms with E-state index in [1.807, 2.05) is 6.92 Å². The normalized spacial score (nSPS) is 36.5. The summed E-state index contributed by atoms with van der Waals surface area (Å²) in [6.45, 7) is 6.87. The van der Waals surface area contributed by atoms with Crippen molar-refractivity contribution in [3.05, 3.63) is 0 Å². The molecule has 15 heavy (non-hydrogen) atoms. The second-order valence-corrected chi connectivity index (χ2v) is 4.85. The third-order valence-electron chi connectivity index (χ3n) is 3.60. The number of carboxylic acids is 1. The molecular formula is C12H22O3. The van der Waals surface area contributed by atoms with Crippen molar-refractivity contribution in [2.75, 3.05) is 6.61 Å². The molecule has 0 spiro atoms. The first-order valence-electron chi connectivity index (χ1n) is 5.89. The van der Waals surface area contributed by atoms with Gasteiger partial charge in [-0.25, -0.2) is 4.79 Å². The van der Waals surface area contributed by atoms with E-state index in [0.29, 0.717) is 31.3 Å². The molecule has 0 bridgehead atoms. The summed E-state index contributed by atoms with van der Waals surface area (Å²) in [5.41, 5.74) is -0.901. The average Bonchev–Trinajstić information content (AvgIpc) is 2.20. The van der Waals surface area contributed by atoms with Gasteiger partial charge in [0.15, 0.2) is 5.60 Å². The Hall–Kier alpha value is -0.570. The van der Waals surface area contributed by atoms with Crippen molar-refractivity contribution in [3.63, 3.8) is 0 Å². The maximum atomic E-state index is 11.3. The maximum absolute atomic E-state index is 11.3. The summed E-state index contributed by atoms with van der Waals surface area (Å²) in [6, 6.07) is 0. The minimum absolute atomic E-state index is 0.437. The summed E-state index contributed by atoms with van der Waals surface area (Å²) in [5, 5.41) is 9.29. The molecule has 1 fully saturated rings. The average molecular weight is 214 g/mol. The van der Waals surface area contributed by atoms with Crippen LogP contribution in [0.15, 0.2) is 0 Å².